The summed E-state index contributed by atoms with van der Waals surface area (Å²) in [5, 5.41) is 2.98. The molecule has 0 spiro atoms. The number of nitrogens with one attached hydrogen (secondary N) is 2. The molecule has 0 aliphatic rings. The average molecular weight is 459 g/mol. The van der Waals surface area contributed by atoms with Crippen molar-refractivity contribution >= 4 is 57.3 Å². The lowest BCUT2D eigenvalue weighted by Crippen LogP contribution is -2.16. The Hall–Kier alpha value is -2.82. The van der Waals surface area contributed by atoms with Gasteiger partial charge in [0.05, 0.1) is 5.75 Å². The van der Waals surface area contributed by atoms with Crippen LogP contribution in [-0.4, -0.2) is 26.2 Å². The molecule has 4 aromatic rings. The van der Waals surface area contributed by atoms with Gasteiger partial charge < -0.3 is 10.3 Å². The van der Waals surface area contributed by atoms with Crippen LogP contribution < -0.4 is 10.9 Å². The van der Waals surface area contributed by atoms with Crippen molar-refractivity contribution in [1.82, 2.24) is 14.5 Å². The highest BCUT2D eigenvalue weighted by Crippen LogP contribution is 2.24. The Morgan fingerprint density at radius 3 is 2.83 bits per heavy atom. The monoisotopic (exact) mass is 458 g/mol. The molecule has 0 aliphatic heterocycles. The normalized spacial score (nSPS) is 11.0. The van der Waals surface area contributed by atoms with Crippen LogP contribution >= 0.6 is 35.3 Å². The van der Waals surface area contributed by atoms with E-state index in [-0.39, 0.29) is 17.2 Å². The number of anilines is 1. The van der Waals surface area contributed by atoms with Crippen molar-refractivity contribution in [2.24, 2.45) is 0 Å². The quantitative estimate of drug-likeness (QED) is 0.258. The minimum absolute atomic E-state index is 0.000601. The number of hydrogen-bond acceptors (Lipinski definition) is 6. The molecule has 4 rings (SSSR count). The highest BCUT2D eigenvalue weighted by Gasteiger charge is 2.15. The molecule has 152 valence electrons. The summed E-state index contributed by atoms with van der Waals surface area (Å²) in [4.78, 5) is 32.0. The minimum Gasteiger partial charge on any atom is -0.325 e. The van der Waals surface area contributed by atoms with Crippen molar-refractivity contribution < 1.29 is 9.18 Å². The molecule has 2 aromatic carbocycles. The SMILES string of the molecule is Cc1ccc(F)cc1NC(=O)CSc1nc2c(sc(=S)n2-c2ccccc2)c(=O)[nH]1. The van der Waals surface area contributed by atoms with Crippen LogP contribution in [0.25, 0.3) is 16.0 Å². The van der Waals surface area contributed by atoms with Crippen molar-refractivity contribution in [3.8, 4) is 5.69 Å². The third-order valence-corrected chi connectivity index (χ3v) is 6.48. The zero-order valence-corrected chi connectivity index (χ0v) is 18.1. The number of hydrogen-bond donors (Lipinski definition) is 2. The molecule has 0 atom stereocenters. The molecule has 0 aliphatic carbocycles. The number of amides is 1. The van der Waals surface area contributed by atoms with E-state index in [1.165, 1.54) is 23.5 Å². The maximum absolute atomic E-state index is 13.4. The number of carbonyl (C=O) groups excluding carboxylic acids is 1. The number of H-pyrrole nitrogens is 1. The number of para-hydroxylation sites is 1. The number of thioether (sulfide) groups is 1. The highest BCUT2D eigenvalue weighted by molar-refractivity contribution is 7.99. The van der Waals surface area contributed by atoms with Crippen LogP contribution in [0.3, 0.4) is 0 Å². The topological polar surface area (TPSA) is 79.8 Å². The minimum atomic E-state index is -0.428. The first-order chi connectivity index (χ1) is 14.4. The molecule has 6 nitrogen and oxygen atoms in total. The van der Waals surface area contributed by atoms with Crippen LogP contribution in [0, 0.1) is 16.7 Å². The molecule has 0 fully saturated rings. The third kappa shape index (κ3) is 4.20. The molecule has 10 heteroatoms. The molecule has 0 bridgehead atoms. The highest BCUT2D eigenvalue weighted by atomic mass is 32.2. The maximum Gasteiger partial charge on any atom is 0.271 e. The molecular weight excluding hydrogens is 443 g/mol. The lowest BCUT2D eigenvalue weighted by atomic mass is 10.2. The second-order valence-corrected chi connectivity index (χ2v) is 8.97. The number of aromatic amines is 1. The van der Waals surface area contributed by atoms with Crippen LogP contribution in [0.4, 0.5) is 10.1 Å². The number of aromatic nitrogens is 3. The Labute approximate surface area is 183 Å². The maximum atomic E-state index is 13.4. The smallest absolute Gasteiger partial charge is 0.271 e. The van der Waals surface area contributed by atoms with E-state index >= 15 is 0 Å². The zero-order valence-electron chi connectivity index (χ0n) is 15.6. The fraction of sp³-hybridized carbons (Fsp3) is 0.100. The predicted octanol–water partition coefficient (Wildman–Crippen LogP) is 4.68. The van der Waals surface area contributed by atoms with Gasteiger partial charge in [-0.1, -0.05) is 47.4 Å². The van der Waals surface area contributed by atoms with E-state index in [4.69, 9.17) is 12.2 Å². The van der Waals surface area contributed by atoms with E-state index in [9.17, 15) is 14.0 Å². The Bertz CT molecular complexity index is 1360. The number of halogens is 1. The van der Waals surface area contributed by atoms with Crippen molar-refractivity contribution in [1.29, 1.82) is 0 Å². The number of rotatable bonds is 5. The fourth-order valence-electron chi connectivity index (χ4n) is 2.82. The van der Waals surface area contributed by atoms with Crippen LogP contribution in [0.2, 0.25) is 0 Å². The number of fused-ring (bicyclic) bond motifs is 1. The first-order valence-corrected chi connectivity index (χ1v) is 11.0. The van der Waals surface area contributed by atoms with Gasteiger partial charge in [-0.05, 0) is 49.0 Å². The van der Waals surface area contributed by atoms with Gasteiger partial charge in [0.1, 0.15) is 10.5 Å². The number of nitrogens with zero attached hydrogens (tertiary/aromatic N) is 2. The van der Waals surface area contributed by atoms with E-state index in [0.29, 0.717) is 25.1 Å². The second-order valence-electron chi connectivity index (χ2n) is 6.36. The third-order valence-electron chi connectivity index (χ3n) is 4.25. The van der Waals surface area contributed by atoms with Crippen molar-refractivity contribution in [3.63, 3.8) is 0 Å². The van der Waals surface area contributed by atoms with E-state index in [0.717, 1.165) is 23.0 Å². The molecule has 2 N–H and O–H groups in total. The summed E-state index contributed by atoms with van der Waals surface area (Å²) >= 11 is 7.70. The van der Waals surface area contributed by atoms with E-state index < -0.39 is 5.82 Å². The van der Waals surface area contributed by atoms with Gasteiger partial charge in [-0.15, -0.1) is 0 Å². The van der Waals surface area contributed by atoms with Crippen molar-refractivity contribution in [2.75, 3.05) is 11.1 Å². The fourth-order valence-corrected chi connectivity index (χ4v) is 4.74. The second kappa shape index (κ2) is 8.50. The number of aryl methyl sites for hydroxylation is 1. The number of thiazole rings is 1. The molecule has 0 saturated heterocycles. The lowest BCUT2D eigenvalue weighted by Gasteiger charge is -2.08. The summed E-state index contributed by atoms with van der Waals surface area (Å²) in [6.45, 7) is 1.78. The number of benzene rings is 2. The van der Waals surface area contributed by atoms with Crippen molar-refractivity contribution in [3.05, 3.63) is 74.2 Å². The van der Waals surface area contributed by atoms with Crippen LogP contribution in [0.5, 0.6) is 0 Å². The zero-order chi connectivity index (χ0) is 21.3. The summed E-state index contributed by atoms with van der Waals surface area (Å²) in [7, 11) is 0. The van der Waals surface area contributed by atoms with Gasteiger partial charge in [-0.2, -0.15) is 0 Å². The molecule has 0 saturated carbocycles. The molecule has 1 amide bonds. The lowest BCUT2D eigenvalue weighted by molar-refractivity contribution is -0.113. The Kier molecular flexibility index (Phi) is 5.80. The van der Waals surface area contributed by atoms with Gasteiger partial charge in [0.2, 0.25) is 5.91 Å². The largest absolute Gasteiger partial charge is 0.325 e. The standard InChI is InChI=1S/C20H15FN4O2S3/c1-11-7-8-12(21)9-14(11)22-15(26)10-29-19-23-17-16(18(27)24-19)30-20(28)25(17)13-5-3-2-4-6-13/h2-9H,10H2,1H3,(H,22,26)(H,23,24,27). The summed E-state index contributed by atoms with van der Waals surface area (Å²) < 4.78 is 16.1. The Morgan fingerprint density at radius 2 is 2.07 bits per heavy atom. The van der Waals surface area contributed by atoms with Crippen molar-refractivity contribution in [2.45, 2.75) is 12.1 Å². The summed E-state index contributed by atoms with van der Waals surface area (Å²) in [6, 6.07) is 13.6. The molecule has 2 aromatic heterocycles. The van der Waals surface area contributed by atoms with Gasteiger partial charge in [0.15, 0.2) is 14.8 Å². The van der Waals surface area contributed by atoms with Crippen LogP contribution in [0.1, 0.15) is 5.56 Å². The van der Waals surface area contributed by atoms with Gasteiger partial charge in [0, 0.05) is 11.4 Å². The molecule has 0 unspecified atom stereocenters. The van der Waals surface area contributed by atoms with Gasteiger partial charge in [-0.25, -0.2) is 9.37 Å². The Morgan fingerprint density at radius 1 is 1.30 bits per heavy atom. The first-order valence-electron chi connectivity index (χ1n) is 8.82. The van der Waals surface area contributed by atoms with Gasteiger partial charge in [0.25, 0.3) is 5.56 Å². The van der Waals surface area contributed by atoms with E-state index in [2.05, 4.69) is 15.3 Å². The molecule has 2 heterocycles. The molecule has 30 heavy (non-hydrogen) atoms. The van der Waals surface area contributed by atoms with E-state index in [1.54, 1.807) is 17.6 Å². The summed E-state index contributed by atoms with van der Waals surface area (Å²) in [5.74, 6) is -0.759. The number of carbonyl (C=O) groups is 1. The first kappa shape index (κ1) is 20.5. The molecular formula is C20H15FN4O2S3. The van der Waals surface area contributed by atoms with Crippen LogP contribution in [-0.2, 0) is 4.79 Å². The predicted molar refractivity (Wildman–Crippen MR) is 121 cm³/mol. The van der Waals surface area contributed by atoms with Gasteiger partial charge >= 0.3 is 0 Å². The summed E-state index contributed by atoms with van der Waals surface area (Å²) in [6.07, 6.45) is 0. The van der Waals surface area contributed by atoms with Crippen LogP contribution in [0.15, 0.2) is 58.5 Å². The summed E-state index contributed by atoms with van der Waals surface area (Å²) in [5.41, 5.74) is 2.11. The molecule has 0 radical (unpaired) electrons. The average Bonchev–Trinajstić information content (AvgIpc) is 3.06. The van der Waals surface area contributed by atoms with Gasteiger partial charge in [-0.3, -0.25) is 14.2 Å². The Balaban J connectivity index is 1.59. The van der Waals surface area contributed by atoms with E-state index in [1.807, 2.05) is 30.3 Å².